The zero-order valence-corrected chi connectivity index (χ0v) is 21.6. The fourth-order valence-corrected chi connectivity index (χ4v) is 1.34. The minimum atomic E-state index is -4.17. The van der Waals surface area contributed by atoms with Crippen molar-refractivity contribution in [3.63, 3.8) is 0 Å². The molecule has 0 atom stereocenters. The summed E-state index contributed by atoms with van der Waals surface area (Å²) in [6.45, 7) is -2.37. The molecule has 0 saturated carbocycles. The Balaban J connectivity index is -0.0000000873. The normalized spacial score (nSPS) is 11.3. The number of aliphatic hydroxyl groups excluding tert-OH is 4. The molecule has 0 amide bonds. The van der Waals surface area contributed by atoms with Gasteiger partial charge in [-0.15, -0.1) is 0 Å². The van der Waals surface area contributed by atoms with Crippen LogP contribution in [0.5, 0.6) is 0 Å². The molecule has 0 aliphatic heterocycles. The molecular weight excluding hydrogens is 688 g/mol. The average molecular weight is 708 g/mol. The number of hydrogen-bond donors (Lipinski definition) is 4. The molecule has 0 rings (SSSR count). The Morgan fingerprint density at radius 3 is 0.517 bits per heavy atom. The van der Waals surface area contributed by atoms with Crippen molar-refractivity contribution in [2.45, 2.75) is 0 Å². The van der Waals surface area contributed by atoms with E-state index >= 15 is 0 Å². The van der Waals surface area contributed by atoms with Crippen LogP contribution in [0.2, 0.25) is 0 Å². The van der Waals surface area contributed by atoms with E-state index in [9.17, 15) is 51.9 Å². The van der Waals surface area contributed by atoms with Crippen LogP contribution >= 0.6 is 0 Å². The van der Waals surface area contributed by atoms with Crippen molar-refractivity contribution in [1.29, 1.82) is 0 Å². The van der Waals surface area contributed by atoms with Gasteiger partial charge in [-0.05, 0) is 0 Å². The second kappa shape index (κ2) is 20.3. The van der Waals surface area contributed by atoms with E-state index in [1.165, 1.54) is 0 Å². The van der Waals surface area contributed by atoms with Crippen LogP contribution in [0.15, 0.2) is 0 Å². The largest absolute Gasteiger partial charge is 0.748 e. The molecule has 0 aromatic rings. The zero-order chi connectivity index (χ0) is 23.7. The molecule has 0 spiro atoms. The van der Waals surface area contributed by atoms with E-state index in [4.69, 9.17) is 20.4 Å². The predicted octanol–water partition coefficient (Wildman–Crippen LogP) is -6.29. The van der Waals surface area contributed by atoms with Gasteiger partial charge in [0, 0.05) is 27.3 Å². The predicted molar refractivity (Wildman–Crippen MR) is 92.4 cm³/mol. The molecule has 29 heavy (non-hydrogen) atoms. The molecular formula is C8H20O16PbS4-4. The van der Waals surface area contributed by atoms with Gasteiger partial charge in [-0.1, -0.05) is 0 Å². The summed E-state index contributed by atoms with van der Waals surface area (Å²) in [6.07, 6.45) is 0. The van der Waals surface area contributed by atoms with Gasteiger partial charge in [-0.3, -0.25) is 0 Å². The molecule has 4 N–H and O–H groups in total. The molecule has 21 heteroatoms. The minimum absolute atomic E-state index is 0. The minimum Gasteiger partial charge on any atom is -0.748 e. The fraction of sp³-hybridized carbons (Fsp3) is 1.00. The Morgan fingerprint density at radius 1 is 0.414 bits per heavy atom. The van der Waals surface area contributed by atoms with E-state index in [1.807, 2.05) is 0 Å². The van der Waals surface area contributed by atoms with Crippen LogP contribution in [0.25, 0.3) is 0 Å². The Bertz CT molecular complexity index is 633. The molecule has 0 aromatic heterocycles. The van der Waals surface area contributed by atoms with E-state index in [0.717, 1.165) is 0 Å². The van der Waals surface area contributed by atoms with Crippen LogP contribution < -0.4 is 0 Å². The first-order chi connectivity index (χ1) is 12.2. The Kier molecular flexibility index (Phi) is 27.9. The summed E-state index contributed by atoms with van der Waals surface area (Å²) in [6, 6.07) is 0. The topological polar surface area (TPSA) is 310 Å². The van der Waals surface area contributed by atoms with Gasteiger partial charge in [0.1, 0.15) is 0 Å². The van der Waals surface area contributed by atoms with E-state index in [-0.39, 0.29) is 27.3 Å². The van der Waals surface area contributed by atoms with Gasteiger partial charge in [0.2, 0.25) is 0 Å². The summed E-state index contributed by atoms with van der Waals surface area (Å²) in [4.78, 5) is 0. The van der Waals surface area contributed by atoms with Gasteiger partial charge in [0.05, 0.1) is 89.9 Å². The van der Waals surface area contributed by atoms with Gasteiger partial charge >= 0.3 is 0 Å². The first-order valence-electron chi connectivity index (χ1n) is 6.42. The molecule has 4 radical (unpaired) electrons. The standard InChI is InChI=1S/4C2H6O4S.Pb/c4*3-1-2-7(4,5)6;/h4*3H,1-2H2,(H,4,5,6);/p-4. The van der Waals surface area contributed by atoms with E-state index in [2.05, 4.69) is 0 Å². The molecule has 180 valence electrons. The van der Waals surface area contributed by atoms with Crippen molar-refractivity contribution < 1.29 is 72.3 Å². The van der Waals surface area contributed by atoms with Crippen LogP contribution in [-0.4, -0.2) is 149 Å². The van der Waals surface area contributed by atoms with Crippen molar-refractivity contribution in [1.82, 2.24) is 0 Å². The summed E-state index contributed by atoms with van der Waals surface area (Å²) in [5.41, 5.74) is 0. The van der Waals surface area contributed by atoms with Crippen molar-refractivity contribution >= 4 is 67.8 Å². The third-order valence-corrected chi connectivity index (χ3v) is 4.10. The molecule has 0 unspecified atom stereocenters. The number of rotatable bonds is 8. The molecule has 0 bridgehead atoms. The van der Waals surface area contributed by atoms with E-state index in [0.29, 0.717) is 0 Å². The van der Waals surface area contributed by atoms with Crippen LogP contribution in [-0.2, 0) is 40.5 Å². The molecule has 0 fully saturated rings. The van der Waals surface area contributed by atoms with Crippen molar-refractivity contribution in [3.05, 3.63) is 0 Å². The molecule has 16 nitrogen and oxygen atoms in total. The maximum absolute atomic E-state index is 9.52. The summed E-state index contributed by atoms with van der Waals surface area (Å²) in [5.74, 6) is -2.75. The monoisotopic (exact) mass is 708 g/mol. The number of hydrogen-bond acceptors (Lipinski definition) is 16. The second-order valence-electron chi connectivity index (χ2n) is 3.94. The average Bonchev–Trinajstić information content (AvgIpc) is 2.34. The van der Waals surface area contributed by atoms with Crippen molar-refractivity contribution in [2.24, 2.45) is 0 Å². The molecule has 0 aromatic carbocycles. The van der Waals surface area contributed by atoms with E-state index < -0.39 is 89.9 Å². The van der Waals surface area contributed by atoms with Crippen molar-refractivity contribution in [3.8, 4) is 0 Å². The Hall–Kier alpha value is 0.402. The summed E-state index contributed by atoms with van der Waals surface area (Å²) >= 11 is 0. The molecule has 0 aliphatic carbocycles. The summed E-state index contributed by atoms with van der Waals surface area (Å²) in [5, 5.41) is 31.3. The van der Waals surface area contributed by atoms with Crippen LogP contribution in [0.4, 0.5) is 0 Å². The summed E-state index contributed by atoms with van der Waals surface area (Å²) < 4.78 is 114. The first kappa shape index (κ1) is 39.8. The van der Waals surface area contributed by atoms with Gasteiger partial charge in [0.25, 0.3) is 0 Å². The number of aliphatic hydroxyl groups is 4. The maximum atomic E-state index is 9.52. The zero-order valence-electron chi connectivity index (χ0n) is 14.5. The van der Waals surface area contributed by atoms with Crippen LogP contribution in [0, 0.1) is 0 Å². The van der Waals surface area contributed by atoms with Crippen LogP contribution in [0.3, 0.4) is 0 Å². The molecule has 0 saturated heterocycles. The Morgan fingerprint density at radius 2 is 0.517 bits per heavy atom. The Labute approximate surface area is 188 Å². The van der Waals surface area contributed by atoms with Crippen molar-refractivity contribution in [2.75, 3.05) is 49.4 Å². The quantitative estimate of drug-likeness (QED) is 0.135. The van der Waals surface area contributed by atoms with Gasteiger partial charge in [-0.2, -0.15) is 0 Å². The van der Waals surface area contributed by atoms with Crippen LogP contribution in [0.1, 0.15) is 0 Å². The second-order valence-corrected chi connectivity index (χ2v) is 10.0. The van der Waals surface area contributed by atoms with Gasteiger partial charge < -0.3 is 38.6 Å². The SMILES string of the molecule is O=S(=O)([O-])CCO.O=S(=O)([O-])CCO.O=S(=O)([O-])CCO.O=S(=O)([O-])CCO.[Pb]. The molecule has 0 aliphatic rings. The van der Waals surface area contributed by atoms with Gasteiger partial charge in [-0.25, -0.2) is 33.7 Å². The molecule has 0 heterocycles. The van der Waals surface area contributed by atoms with E-state index in [1.54, 1.807) is 0 Å². The third kappa shape index (κ3) is 73.6. The smallest absolute Gasteiger partial charge is 0.0968 e. The summed E-state index contributed by atoms with van der Waals surface area (Å²) in [7, 11) is -16.7. The maximum Gasteiger partial charge on any atom is 0.0968 e. The first-order valence-corrected chi connectivity index (χ1v) is 12.7. The third-order valence-electron chi connectivity index (χ3n) is 1.37. The fourth-order valence-electron chi connectivity index (χ4n) is 0.447. The van der Waals surface area contributed by atoms with Gasteiger partial charge in [0.15, 0.2) is 0 Å².